The molecule has 2 aliphatic rings. The number of hydrogen-bond donors (Lipinski definition) is 1. The van der Waals surface area contributed by atoms with E-state index in [0.717, 1.165) is 69.4 Å². The summed E-state index contributed by atoms with van der Waals surface area (Å²) >= 11 is 0. The molecule has 2 unspecified atom stereocenters. The van der Waals surface area contributed by atoms with Crippen molar-refractivity contribution in [2.24, 2.45) is 23.2 Å². The number of hydrogen-bond acceptors (Lipinski definition) is 5. The molecule has 2 atom stereocenters. The third-order valence-electron chi connectivity index (χ3n) is 9.91. The molecule has 0 radical (unpaired) electrons. The Morgan fingerprint density at radius 2 is 1.26 bits per heavy atom. The summed E-state index contributed by atoms with van der Waals surface area (Å²) in [5, 5.41) is 3.58. The van der Waals surface area contributed by atoms with E-state index in [4.69, 9.17) is 9.47 Å². The largest absolute Gasteiger partial charge is 0.486 e. The van der Waals surface area contributed by atoms with E-state index in [2.05, 4.69) is 32.0 Å². The molecule has 2 aliphatic carbocycles. The van der Waals surface area contributed by atoms with Gasteiger partial charge in [-0.1, -0.05) is 97.8 Å². The van der Waals surface area contributed by atoms with Crippen LogP contribution in [0.25, 0.3) is 0 Å². The van der Waals surface area contributed by atoms with E-state index in [0.29, 0.717) is 25.4 Å². The van der Waals surface area contributed by atoms with Gasteiger partial charge in [0.1, 0.15) is 0 Å². The first-order valence-corrected chi connectivity index (χ1v) is 18.7. The molecule has 2 bridgehead atoms. The lowest BCUT2D eigenvalue weighted by Crippen LogP contribution is -2.38. The van der Waals surface area contributed by atoms with Gasteiger partial charge in [0.15, 0.2) is 11.7 Å². The molecule has 2 saturated carbocycles. The van der Waals surface area contributed by atoms with Crippen molar-refractivity contribution in [3.8, 4) is 0 Å². The van der Waals surface area contributed by atoms with Crippen molar-refractivity contribution in [2.45, 2.75) is 175 Å². The molecule has 0 saturated heterocycles. The van der Waals surface area contributed by atoms with Gasteiger partial charge in [-0.15, -0.1) is 0 Å². The van der Waals surface area contributed by atoms with Crippen LogP contribution in [0.15, 0.2) is 5.76 Å². The molecular weight excluding hydrogens is 534 g/mol. The Morgan fingerprint density at radius 3 is 1.86 bits per heavy atom. The van der Waals surface area contributed by atoms with Crippen molar-refractivity contribution in [2.75, 3.05) is 26.3 Å². The van der Waals surface area contributed by atoms with Crippen molar-refractivity contribution in [3.63, 3.8) is 0 Å². The molecule has 0 aromatic carbocycles. The van der Waals surface area contributed by atoms with E-state index < -0.39 is 0 Å². The molecule has 0 aliphatic heterocycles. The van der Waals surface area contributed by atoms with Gasteiger partial charge in [0.25, 0.3) is 0 Å². The first kappa shape index (κ1) is 37.9. The SMILES string of the molecule is CCCCCCCCCOC(=O)CCCCCCCNCCCCCCCC(=C=O)OCC1(C)CC2CC(C)CC(C2)C1. The van der Waals surface area contributed by atoms with E-state index in [9.17, 15) is 9.59 Å². The zero-order valence-corrected chi connectivity index (χ0v) is 28.7. The zero-order chi connectivity index (χ0) is 31.0. The fourth-order valence-electron chi connectivity index (χ4n) is 7.80. The summed E-state index contributed by atoms with van der Waals surface area (Å²) in [6, 6.07) is 0. The van der Waals surface area contributed by atoms with Crippen LogP contribution >= 0.6 is 0 Å². The molecular formula is C38H69NO4. The minimum atomic E-state index is -0.0119. The van der Waals surface area contributed by atoms with Crippen molar-refractivity contribution in [1.29, 1.82) is 0 Å². The molecule has 250 valence electrons. The van der Waals surface area contributed by atoms with Gasteiger partial charge in [-0.2, -0.15) is 0 Å². The predicted molar refractivity (Wildman–Crippen MR) is 180 cm³/mol. The van der Waals surface area contributed by atoms with Crippen LogP contribution in [-0.2, 0) is 19.1 Å². The summed E-state index contributed by atoms with van der Waals surface area (Å²) < 4.78 is 11.4. The number of fused-ring (bicyclic) bond motifs is 2. The van der Waals surface area contributed by atoms with E-state index in [1.54, 1.807) is 0 Å². The highest BCUT2D eigenvalue weighted by Gasteiger charge is 2.41. The topological polar surface area (TPSA) is 64.6 Å². The van der Waals surface area contributed by atoms with E-state index >= 15 is 0 Å². The van der Waals surface area contributed by atoms with Crippen LogP contribution in [0.2, 0.25) is 0 Å². The second-order valence-electron chi connectivity index (χ2n) is 14.7. The van der Waals surface area contributed by atoms with Crippen molar-refractivity contribution in [3.05, 3.63) is 5.76 Å². The quantitative estimate of drug-likeness (QED) is 0.0438. The van der Waals surface area contributed by atoms with Gasteiger partial charge in [0, 0.05) is 18.3 Å². The van der Waals surface area contributed by atoms with Crippen LogP contribution in [0, 0.1) is 23.2 Å². The standard InChI is InChI=1S/C38H69NO4/c1-4-5-6-7-8-15-20-25-42-37(41)22-17-12-10-14-19-24-39-23-18-13-9-11-16-21-36(31-40)43-32-38(3)29-34-26-33(2)27-35(28-34)30-38/h33-35,39H,4-30,32H2,1-3H3. The Balaban J connectivity index is 1.31. The molecule has 0 amide bonds. The number of carbonyl (C=O) groups excluding carboxylic acids is 2. The second kappa shape index (κ2) is 24.0. The van der Waals surface area contributed by atoms with E-state index in [-0.39, 0.29) is 11.4 Å². The summed E-state index contributed by atoms with van der Waals surface area (Å²) in [7, 11) is 0. The van der Waals surface area contributed by atoms with Crippen LogP contribution < -0.4 is 5.32 Å². The highest BCUT2D eigenvalue weighted by molar-refractivity contribution is 5.69. The number of esters is 1. The molecule has 5 heteroatoms. The lowest BCUT2D eigenvalue weighted by atomic mass is 9.60. The molecule has 2 fully saturated rings. The number of unbranched alkanes of at least 4 members (excludes halogenated alkanes) is 14. The van der Waals surface area contributed by atoms with E-state index in [1.807, 2.05) is 0 Å². The summed E-state index contributed by atoms with van der Waals surface area (Å²) in [6.07, 6.45) is 28.3. The number of carbonyl (C=O) groups is 1. The molecule has 1 N–H and O–H groups in total. The van der Waals surface area contributed by atoms with Gasteiger partial charge >= 0.3 is 5.97 Å². The van der Waals surface area contributed by atoms with E-state index in [1.165, 1.54) is 109 Å². The van der Waals surface area contributed by atoms with Gasteiger partial charge in [-0.05, 0) is 95.1 Å². The number of allylic oxidation sites excluding steroid dienone is 1. The maximum Gasteiger partial charge on any atom is 0.305 e. The molecule has 0 spiro atoms. The van der Waals surface area contributed by atoms with Gasteiger partial charge in [0.05, 0.1) is 13.2 Å². The van der Waals surface area contributed by atoms with Crippen LogP contribution in [0.3, 0.4) is 0 Å². The van der Waals surface area contributed by atoms with Crippen molar-refractivity contribution >= 4 is 11.9 Å². The van der Waals surface area contributed by atoms with Gasteiger partial charge in [0.2, 0.25) is 0 Å². The second-order valence-corrected chi connectivity index (χ2v) is 14.7. The summed E-state index contributed by atoms with van der Waals surface area (Å²) in [5.41, 5.74) is 0.227. The summed E-state index contributed by atoms with van der Waals surface area (Å²) in [4.78, 5) is 23.3. The highest BCUT2D eigenvalue weighted by atomic mass is 16.5. The number of nitrogens with one attached hydrogen (secondary N) is 1. The summed E-state index contributed by atoms with van der Waals surface area (Å²) in [6.45, 7) is 10.5. The zero-order valence-electron chi connectivity index (χ0n) is 28.7. The van der Waals surface area contributed by atoms with Crippen LogP contribution in [-0.4, -0.2) is 38.2 Å². The molecule has 2 rings (SSSR count). The Labute approximate surface area is 266 Å². The third kappa shape index (κ3) is 18.9. The van der Waals surface area contributed by atoms with Gasteiger partial charge < -0.3 is 14.8 Å². The lowest BCUT2D eigenvalue weighted by molar-refractivity contribution is -0.143. The Bertz CT molecular complexity index is 743. The fourth-order valence-corrected chi connectivity index (χ4v) is 7.80. The minimum absolute atomic E-state index is 0.0119. The van der Waals surface area contributed by atoms with Crippen LogP contribution in [0.1, 0.15) is 175 Å². The number of ether oxygens (including phenoxy) is 2. The Morgan fingerprint density at radius 1 is 0.721 bits per heavy atom. The molecule has 43 heavy (non-hydrogen) atoms. The molecule has 5 nitrogen and oxygen atoms in total. The first-order chi connectivity index (χ1) is 20.9. The minimum Gasteiger partial charge on any atom is -0.486 e. The average molecular weight is 604 g/mol. The first-order valence-electron chi connectivity index (χ1n) is 18.7. The van der Waals surface area contributed by atoms with Gasteiger partial charge in [-0.25, -0.2) is 4.79 Å². The smallest absolute Gasteiger partial charge is 0.305 e. The Hall–Kier alpha value is -1.32. The number of rotatable bonds is 27. The van der Waals surface area contributed by atoms with Crippen LogP contribution in [0.4, 0.5) is 0 Å². The van der Waals surface area contributed by atoms with Gasteiger partial charge in [-0.3, -0.25) is 4.79 Å². The summed E-state index contributed by atoms with van der Waals surface area (Å²) in [5.74, 6) is 5.22. The fraction of sp³-hybridized carbons (Fsp3) is 0.921. The lowest BCUT2D eigenvalue weighted by Gasteiger charge is -2.47. The molecule has 0 aromatic heterocycles. The van der Waals surface area contributed by atoms with Crippen molar-refractivity contribution in [1.82, 2.24) is 5.32 Å². The monoisotopic (exact) mass is 604 g/mol. The highest BCUT2D eigenvalue weighted by Crippen LogP contribution is 2.50. The maximum atomic E-state index is 11.9. The average Bonchev–Trinajstić information content (AvgIpc) is 2.97. The third-order valence-corrected chi connectivity index (χ3v) is 9.91. The molecule has 0 aromatic rings. The maximum absolute atomic E-state index is 11.9. The van der Waals surface area contributed by atoms with Crippen LogP contribution in [0.5, 0.6) is 0 Å². The predicted octanol–water partition coefficient (Wildman–Crippen LogP) is 10.1. The normalized spacial score (nSPS) is 23.1. The molecule has 0 heterocycles. The van der Waals surface area contributed by atoms with Crippen molar-refractivity contribution < 1.29 is 19.1 Å². The Kier molecular flexibility index (Phi) is 21.1.